The van der Waals surface area contributed by atoms with Crippen LogP contribution in [0.15, 0.2) is 53.4 Å². The molecule has 2 nitrogen and oxygen atoms in total. The van der Waals surface area contributed by atoms with Crippen LogP contribution in [0.3, 0.4) is 0 Å². The minimum atomic E-state index is 0.107. The van der Waals surface area contributed by atoms with E-state index < -0.39 is 0 Å². The van der Waals surface area contributed by atoms with Crippen LogP contribution in [0.25, 0.3) is 0 Å². The number of aliphatic hydroxyl groups excluding tert-OH is 1. The van der Waals surface area contributed by atoms with Crippen molar-refractivity contribution in [3.63, 3.8) is 0 Å². The number of thioether (sulfide) groups is 1. The molecule has 1 atom stereocenters. The SMILES string of the molecule is OCc1cccc(CNC2CSc3ccccc32)c1. The van der Waals surface area contributed by atoms with Crippen molar-refractivity contribution in [3.05, 3.63) is 65.2 Å². The van der Waals surface area contributed by atoms with Crippen LogP contribution in [0, 0.1) is 0 Å². The number of hydrogen-bond donors (Lipinski definition) is 2. The Kier molecular flexibility index (Phi) is 3.87. The van der Waals surface area contributed by atoms with Gasteiger partial charge in [0, 0.05) is 23.2 Å². The van der Waals surface area contributed by atoms with Crippen LogP contribution in [-0.2, 0) is 13.2 Å². The van der Waals surface area contributed by atoms with Gasteiger partial charge in [-0.05, 0) is 22.8 Å². The molecule has 3 heteroatoms. The summed E-state index contributed by atoms with van der Waals surface area (Å²) in [5, 5.41) is 12.8. The zero-order chi connectivity index (χ0) is 13.1. The van der Waals surface area contributed by atoms with Crippen molar-refractivity contribution in [1.29, 1.82) is 0 Å². The lowest BCUT2D eigenvalue weighted by Gasteiger charge is -2.13. The Bertz CT molecular complexity index is 570. The highest BCUT2D eigenvalue weighted by Crippen LogP contribution is 2.37. The van der Waals surface area contributed by atoms with E-state index in [2.05, 4.69) is 41.7 Å². The molecule has 1 aliphatic heterocycles. The normalized spacial score (nSPS) is 17.4. The average molecular weight is 271 g/mol. The van der Waals surface area contributed by atoms with Gasteiger partial charge in [-0.3, -0.25) is 0 Å². The van der Waals surface area contributed by atoms with E-state index in [1.54, 1.807) is 0 Å². The number of rotatable bonds is 4. The molecule has 98 valence electrons. The first kappa shape index (κ1) is 12.7. The molecular weight excluding hydrogens is 254 g/mol. The second kappa shape index (κ2) is 5.78. The molecule has 2 aromatic carbocycles. The quantitative estimate of drug-likeness (QED) is 0.896. The third-order valence-corrected chi connectivity index (χ3v) is 4.61. The summed E-state index contributed by atoms with van der Waals surface area (Å²) >= 11 is 1.92. The molecule has 0 saturated heterocycles. The van der Waals surface area contributed by atoms with E-state index in [4.69, 9.17) is 5.11 Å². The van der Waals surface area contributed by atoms with Crippen molar-refractivity contribution in [2.75, 3.05) is 5.75 Å². The molecule has 3 rings (SSSR count). The number of benzene rings is 2. The lowest BCUT2D eigenvalue weighted by atomic mass is 10.1. The molecule has 1 heterocycles. The number of aliphatic hydroxyl groups is 1. The zero-order valence-corrected chi connectivity index (χ0v) is 11.5. The van der Waals surface area contributed by atoms with Gasteiger partial charge in [-0.15, -0.1) is 11.8 Å². The van der Waals surface area contributed by atoms with Crippen LogP contribution in [-0.4, -0.2) is 10.9 Å². The first-order valence-electron chi connectivity index (χ1n) is 6.50. The summed E-state index contributed by atoms with van der Waals surface area (Å²) in [6, 6.07) is 17.1. The summed E-state index contributed by atoms with van der Waals surface area (Å²) in [4.78, 5) is 1.39. The first-order chi connectivity index (χ1) is 9.36. The molecule has 19 heavy (non-hydrogen) atoms. The standard InChI is InChI=1S/C16H17NOS/c18-10-13-5-3-4-12(8-13)9-17-15-11-19-16-7-2-1-6-14(15)16/h1-8,15,17-18H,9-11H2. The number of hydrogen-bond acceptors (Lipinski definition) is 3. The van der Waals surface area contributed by atoms with Gasteiger partial charge < -0.3 is 10.4 Å². The molecule has 0 aromatic heterocycles. The smallest absolute Gasteiger partial charge is 0.0681 e. The fourth-order valence-electron chi connectivity index (χ4n) is 2.41. The minimum Gasteiger partial charge on any atom is -0.392 e. The van der Waals surface area contributed by atoms with E-state index in [0.717, 1.165) is 17.9 Å². The fraction of sp³-hybridized carbons (Fsp3) is 0.250. The average Bonchev–Trinajstić information content (AvgIpc) is 2.89. The molecule has 0 spiro atoms. The minimum absolute atomic E-state index is 0.107. The predicted molar refractivity (Wildman–Crippen MR) is 79.1 cm³/mol. The Morgan fingerprint density at radius 2 is 1.95 bits per heavy atom. The third kappa shape index (κ3) is 2.84. The van der Waals surface area contributed by atoms with Gasteiger partial charge in [0.05, 0.1) is 6.61 Å². The van der Waals surface area contributed by atoms with Crippen molar-refractivity contribution in [3.8, 4) is 0 Å². The summed E-state index contributed by atoms with van der Waals surface area (Å²) in [6.07, 6.45) is 0. The second-order valence-electron chi connectivity index (χ2n) is 4.76. The van der Waals surface area contributed by atoms with E-state index in [9.17, 15) is 0 Å². The van der Waals surface area contributed by atoms with Crippen molar-refractivity contribution in [2.45, 2.75) is 24.1 Å². The number of nitrogens with one attached hydrogen (secondary N) is 1. The Morgan fingerprint density at radius 1 is 1.11 bits per heavy atom. The molecule has 0 radical (unpaired) electrons. The van der Waals surface area contributed by atoms with Crippen molar-refractivity contribution >= 4 is 11.8 Å². The van der Waals surface area contributed by atoms with Gasteiger partial charge in [0.1, 0.15) is 0 Å². The maximum absolute atomic E-state index is 9.15. The largest absolute Gasteiger partial charge is 0.392 e. The Labute approximate surface area is 117 Å². The number of fused-ring (bicyclic) bond motifs is 1. The predicted octanol–water partition coefficient (Wildman–Crippen LogP) is 3.12. The van der Waals surface area contributed by atoms with Gasteiger partial charge in [-0.1, -0.05) is 42.5 Å². The molecule has 2 aromatic rings. The van der Waals surface area contributed by atoms with Crippen LogP contribution in [0.2, 0.25) is 0 Å². The molecule has 0 saturated carbocycles. The highest BCUT2D eigenvalue weighted by molar-refractivity contribution is 7.99. The monoisotopic (exact) mass is 271 g/mol. The Balaban J connectivity index is 1.67. The molecule has 0 amide bonds. The summed E-state index contributed by atoms with van der Waals surface area (Å²) in [7, 11) is 0. The van der Waals surface area contributed by atoms with Crippen LogP contribution in [0.4, 0.5) is 0 Å². The summed E-state index contributed by atoms with van der Waals surface area (Å²) in [6.45, 7) is 0.948. The van der Waals surface area contributed by atoms with E-state index >= 15 is 0 Å². The van der Waals surface area contributed by atoms with Gasteiger partial charge in [0.2, 0.25) is 0 Å². The van der Waals surface area contributed by atoms with E-state index in [1.807, 2.05) is 23.9 Å². The molecule has 1 unspecified atom stereocenters. The summed E-state index contributed by atoms with van der Waals surface area (Å²) in [5.41, 5.74) is 3.60. The van der Waals surface area contributed by atoms with Crippen LogP contribution < -0.4 is 5.32 Å². The van der Waals surface area contributed by atoms with Crippen LogP contribution in [0.5, 0.6) is 0 Å². The Morgan fingerprint density at radius 3 is 2.84 bits per heavy atom. The topological polar surface area (TPSA) is 32.3 Å². The highest BCUT2D eigenvalue weighted by Gasteiger charge is 2.21. The van der Waals surface area contributed by atoms with Crippen molar-refractivity contribution in [1.82, 2.24) is 5.32 Å². The van der Waals surface area contributed by atoms with Crippen LogP contribution in [0.1, 0.15) is 22.7 Å². The second-order valence-corrected chi connectivity index (χ2v) is 5.82. The molecule has 2 N–H and O–H groups in total. The van der Waals surface area contributed by atoms with Gasteiger partial charge >= 0.3 is 0 Å². The van der Waals surface area contributed by atoms with Gasteiger partial charge in [0.25, 0.3) is 0 Å². The molecule has 1 aliphatic rings. The van der Waals surface area contributed by atoms with E-state index in [0.29, 0.717) is 6.04 Å². The molecule has 0 bridgehead atoms. The Hall–Kier alpha value is -1.29. The van der Waals surface area contributed by atoms with E-state index in [1.165, 1.54) is 16.0 Å². The fourth-order valence-corrected chi connectivity index (χ4v) is 3.61. The summed E-state index contributed by atoms with van der Waals surface area (Å²) in [5.74, 6) is 1.10. The molecule has 0 aliphatic carbocycles. The lowest BCUT2D eigenvalue weighted by molar-refractivity contribution is 0.281. The first-order valence-corrected chi connectivity index (χ1v) is 7.49. The maximum Gasteiger partial charge on any atom is 0.0681 e. The zero-order valence-electron chi connectivity index (χ0n) is 10.7. The van der Waals surface area contributed by atoms with Gasteiger partial charge in [-0.25, -0.2) is 0 Å². The maximum atomic E-state index is 9.15. The lowest BCUT2D eigenvalue weighted by Crippen LogP contribution is -2.20. The van der Waals surface area contributed by atoms with Crippen molar-refractivity contribution in [2.24, 2.45) is 0 Å². The van der Waals surface area contributed by atoms with E-state index in [-0.39, 0.29) is 6.61 Å². The third-order valence-electron chi connectivity index (χ3n) is 3.43. The molecular formula is C16H17NOS. The molecule has 0 fully saturated rings. The van der Waals surface area contributed by atoms with Crippen molar-refractivity contribution < 1.29 is 5.11 Å². The van der Waals surface area contributed by atoms with Gasteiger partial charge in [-0.2, -0.15) is 0 Å². The summed E-state index contributed by atoms with van der Waals surface area (Å²) < 4.78 is 0. The van der Waals surface area contributed by atoms with Crippen LogP contribution >= 0.6 is 11.8 Å². The van der Waals surface area contributed by atoms with Gasteiger partial charge in [0.15, 0.2) is 0 Å². The highest BCUT2D eigenvalue weighted by atomic mass is 32.2.